The van der Waals surface area contributed by atoms with Crippen molar-refractivity contribution in [3.8, 4) is 11.5 Å². The first-order valence-corrected chi connectivity index (χ1v) is 10.4. The Morgan fingerprint density at radius 2 is 1.55 bits per heavy atom. The van der Waals surface area contributed by atoms with Gasteiger partial charge in [-0.3, -0.25) is 0 Å². The number of para-hydroxylation sites is 1. The summed E-state index contributed by atoms with van der Waals surface area (Å²) in [7, 11) is 0. The van der Waals surface area contributed by atoms with E-state index in [2.05, 4.69) is 43.0 Å². The van der Waals surface area contributed by atoms with Crippen molar-refractivity contribution in [3.05, 3.63) is 84.2 Å². The highest BCUT2D eigenvalue weighted by Gasteiger charge is 2.15. The fourth-order valence-corrected chi connectivity index (χ4v) is 3.94. The second kappa shape index (κ2) is 8.78. The number of nitrogens with zero attached hydrogens (tertiary/aromatic N) is 3. The highest BCUT2D eigenvalue weighted by Crippen LogP contribution is 2.31. The third kappa shape index (κ3) is 3.87. The van der Waals surface area contributed by atoms with Crippen molar-refractivity contribution in [2.45, 2.75) is 13.8 Å². The Kier molecular flexibility index (Phi) is 5.92. The SMILES string of the molecule is CCN(CC)c1ccc2nc3c4ccccc4c(=Nc4ccccc4)cc-3oc2c1.Cl. The number of hydrogen-bond acceptors (Lipinski definition) is 4. The van der Waals surface area contributed by atoms with E-state index in [9.17, 15) is 0 Å². The van der Waals surface area contributed by atoms with Crippen LogP contribution in [0.2, 0.25) is 0 Å². The van der Waals surface area contributed by atoms with Crippen LogP contribution in [0, 0.1) is 0 Å². The van der Waals surface area contributed by atoms with Crippen LogP contribution < -0.4 is 10.3 Å². The lowest BCUT2D eigenvalue weighted by atomic mass is 10.0. The Labute approximate surface area is 187 Å². The molecular weight excluding hydrogens is 406 g/mol. The van der Waals surface area contributed by atoms with Crippen molar-refractivity contribution in [2.75, 3.05) is 18.0 Å². The van der Waals surface area contributed by atoms with E-state index < -0.39 is 0 Å². The van der Waals surface area contributed by atoms with E-state index in [1.807, 2.05) is 54.6 Å². The van der Waals surface area contributed by atoms with E-state index in [4.69, 9.17) is 14.4 Å². The van der Waals surface area contributed by atoms with Crippen molar-refractivity contribution < 1.29 is 4.42 Å². The van der Waals surface area contributed by atoms with Gasteiger partial charge in [-0.25, -0.2) is 9.98 Å². The van der Waals surface area contributed by atoms with Gasteiger partial charge in [0.1, 0.15) is 11.2 Å². The Morgan fingerprint density at radius 3 is 2.29 bits per heavy atom. The summed E-state index contributed by atoms with van der Waals surface area (Å²) >= 11 is 0. The van der Waals surface area contributed by atoms with Gasteiger partial charge in [-0.1, -0.05) is 42.5 Å². The number of halogens is 1. The molecule has 0 radical (unpaired) electrons. The fraction of sp³-hybridized carbons (Fsp3) is 0.154. The van der Waals surface area contributed by atoms with Gasteiger partial charge in [-0.15, -0.1) is 12.4 Å². The number of hydrogen-bond donors (Lipinski definition) is 0. The molecule has 1 heterocycles. The lowest BCUT2D eigenvalue weighted by Gasteiger charge is -2.21. The van der Waals surface area contributed by atoms with Gasteiger partial charge in [0.05, 0.1) is 11.0 Å². The van der Waals surface area contributed by atoms with Gasteiger partial charge in [0.15, 0.2) is 11.3 Å². The molecule has 2 aliphatic rings. The third-order valence-electron chi connectivity index (χ3n) is 5.49. The number of benzene rings is 4. The maximum Gasteiger partial charge on any atom is 0.155 e. The molecule has 156 valence electrons. The fourth-order valence-electron chi connectivity index (χ4n) is 3.94. The summed E-state index contributed by atoms with van der Waals surface area (Å²) in [6, 6.07) is 26.5. The van der Waals surface area contributed by atoms with Crippen molar-refractivity contribution in [1.82, 2.24) is 4.98 Å². The summed E-state index contributed by atoms with van der Waals surface area (Å²) in [5, 5.41) is 2.99. The molecule has 0 spiro atoms. The van der Waals surface area contributed by atoms with Crippen LogP contribution in [0.15, 0.2) is 88.3 Å². The summed E-state index contributed by atoms with van der Waals surface area (Å²) in [6.45, 7) is 6.22. The molecule has 0 amide bonds. The maximum atomic E-state index is 6.36. The highest BCUT2D eigenvalue weighted by atomic mass is 35.5. The van der Waals surface area contributed by atoms with E-state index in [1.54, 1.807) is 0 Å². The summed E-state index contributed by atoms with van der Waals surface area (Å²) in [5.41, 5.74) is 4.57. The lowest BCUT2D eigenvalue weighted by Crippen LogP contribution is -2.21. The number of aromatic nitrogens is 1. The summed E-state index contributed by atoms with van der Waals surface area (Å²) < 4.78 is 6.36. The van der Waals surface area contributed by atoms with Crippen LogP contribution in [-0.2, 0) is 0 Å². The molecule has 0 atom stereocenters. The average Bonchev–Trinajstić information content (AvgIpc) is 2.79. The smallest absolute Gasteiger partial charge is 0.155 e. The van der Waals surface area contributed by atoms with Crippen LogP contribution in [0.5, 0.6) is 0 Å². The second-order valence-electron chi connectivity index (χ2n) is 7.27. The van der Waals surface area contributed by atoms with Gasteiger partial charge in [0, 0.05) is 41.7 Å². The third-order valence-corrected chi connectivity index (χ3v) is 5.49. The monoisotopic (exact) mass is 429 g/mol. The number of fused-ring (bicyclic) bond motifs is 4. The van der Waals surface area contributed by atoms with Crippen LogP contribution in [-0.4, -0.2) is 18.1 Å². The summed E-state index contributed by atoms with van der Waals surface area (Å²) in [4.78, 5) is 12.1. The minimum absolute atomic E-state index is 0. The van der Waals surface area contributed by atoms with Crippen LogP contribution in [0.25, 0.3) is 33.3 Å². The van der Waals surface area contributed by atoms with Gasteiger partial charge < -0.3 is 9.32 Å². The van der Waals surface area contributed by atoms with E-state index in [0.717, 1.165) is 63.1 Å². The van der Waals surface area contributed by atoms with Crippen LogP contribution in [0.1, 0.15) is 13.8 Å². The molecule has 0 saturated carbocycles. The molecule has 5 rings (SSSR count). The molecule has 0 bridgehead atoms. The quantitative estimate of drug-likeness (QED) is 0.239. The number of rotatable bonds is 4. The minimum Gasteiger partial charge on any atom is -0.453 e. The van der Waals surface area contributed by atoms with E-state index in [1.165, 1.54) is 0 Å². The molecule has 1 aliphatic carbocycles. The zero-order valence-corrected chi connectivity index (χ0v) is 18.4. The molecule has 3 aromatic carbocycles. The number of anilines is 1. The van der Waals surface area contributed by atoms with Crippen molar-refractivity contribution >= 4 is 45.7 Å². The predicted molar refractivity (Wildman–Crippen MR) is 131 cm³/mol. The maximum absolute atomic E-state index is 6.36. The van der Waals surface area contributed by atoms with Crippen molar-refractivity contribution in [2.24, 2.45) is 4.99 Å². The largest absolute Gasteiger partial charge is 0.453 e. The molecule has 3 aromatic rings. The van der Waals surface area contributed by atoms with Crippen LogP contribution in [0.4, 0.5) is 11.4 Å². The zero-order chi connectivity index (χ0) is 20.5. The lowest BCUT2D eigenvalue weighted by molar-refractivity contribution is 0.613. The molecule has 4 nitrogen and oxygen atoms in total. The molecule has 0 fully saturated rings. The van der Waals surface area contributed by atoms with E-state index in [0.29, 0.717) is 0 Å². The average molecular weight is 430 g/mol. The Bertz CT molecular complexity index is 1370. The first kappa shape index (κ1) is 20.9. The molecular formula is C26H24ClN3O. The molecule has 5 heteroatoms. The van der Waals surface area contributed by atoms with Gasteiger partial charge in [-0.2, -0.15) is 0 Å². The molecule has 0 N–H and O–H groups in total. The van der Waals surface area contributed by atoms with Crippen LogP contribution >= 0.6 is 12.4 Å². The molecule has 0 aromatic heterocycles. The molecule has 1 aliphatic heterocycles. The first-order valence-electron chi connectivity index (χ1n) is 10.4. The minimum atomic E-state index is 0. The molecule has 0 unspecified atom stereocenters. The second-order valence-corrected chi connectivity index (χ2v) is 7.27. The van der Waals surface area contributed by atoms with Crippen molar-refractivity contribution in [3.63, 3.8) is 0 Å². The normalized spacial score (nSPS) is 11.7. The predicted octanol–water partition coefficient (Wildman–Crippen LogP) is 6.59. The molecule has 0 saturated heterocycles. The topological polar surface area (TPSA) is 41.6 Å². The van der Waals surface area contributed by atoms with E-state index >= 15 is 0 Å². The van der Waals surface area contributed by atoms with Gasteiger partial charge in [-0.05, 0) is 38.1 Å². The van der Waals surface area contributed by atoms with Gasteiger partial charge in [0.25, 0.3) is 0 Å². The molecule has 31 heavy (non-hydrogen) atoms. The van der Waals surface area contributed by atoms with Crippen molar-refractivity contribution in [1.29, 1.82) is 0 Å². The van der Waals surface area contributed by atoms with Gasteiger partial charge >= 0.3 is 0 Å². The first-order chi connectivity index (χ1) is 14.8. The standard InChI is InChI=1S/C26H23N3O.ClH/c1-3-29(4-2)19-14-15-22-24(16-19)30-25-17-23(27-18-10-6-5-7-11-18)20-12-8-9-13-21(20)26(25)28-22;/h5-17H,3-4H2,1-2H3;1H. The summed E-state index contributed by atoms with van der Waals surface area (Å²) in [5.74, 6) is 0.743. The zero-order valence-electron chi connectivity index (χ0n) is 17.6. The Balaban J connectivity index is 0.00000231. The Morgan fingerprint density at radius 1 is 0.839 bits per heavy atom. The highest BCUT2D eigenvalue weighted by molar-refractivity contribution is 5.96. The van der Waals surface area contributed by atoms with E-state index in [-0.39, 0.29) is 12.4 Å². The summed E-state index contributed by atoms with van der Waals surface area (Å²) in [6.07, 6.45) is 0. The van der Waals surface area contributed by atoms with Crippen LogP contribution in [0.3, 0.4) is 0 Å². The van der Waals surface area contributed by atoms with Gasteiger partial charge in [0.2, 0.25) is 0 Å². The Hall–Kier alpha value is -3.37.